The van der Waals surface area contributed by atoms with Crippen molar-refractivity contribution in [2.45, 2.75) is 57.2 Å². The molecule has 0 spiro atoms. The molecular formula is C16H27NS. The maximum absolute atomic E-state index is 3.52. The molecular weight excluding hydrogens is 238 g/mol. The first kappa shape index (κ1) is 15.6. The van der Waals surface area contributed by atoms with Crippen LogP contribution in [0.25, 0.3) is 0 Å². The highest BCUT2D eigenvalue weighted by atomic mass is 32.2. The summed E-state index contributed by atoms with van der Waals surface area (Å²) >= 11 is 1.97. The second-order valence-electron chi connectivity index (χ2n) is 5.15. The van der Waals surface area contributed by atoms with Gasteiger partial charge in [-0.3, -0.25) is 0 Å². The smallest absolute Gasteiger partial charge is 0.0317 e. The monoisotopic (exact) mass is 265 g/mol. The van der Waals surface area contributed by atoms with Gasteiger partial charge in [-0.1, -0.05) is 46.8 Å². The van der Waals surface area contributed by atoms with Crippen molar-refractivity contribution in [2.75, 3.05) is 6.54 Å². The van der Waals surface area contributed by atoms with Crippen LogP contribution in [0.15, 0.2) is 29.2 Å². The fraction of sp³-hybridized carbons (Fsp3) is 0.625. The Labute approximate surface area is 117 Å². The molecule has 2 atom stereocenters. The third-order valence-corrected chi connectivity index (χ3v) is 4.86. The quantitative estimate of drug-likeness (QED) is 0.705. The Bertz CT molecular complexity index is 331. The van der Waals surface area contributed by atoms with Crippen molar-refractivity contribution in [3.63, 3.8) is 0 Å². The van der Waals surface area contributed by atoms with Gasteiger partial charge in [-0.2, -0.15) is 0 Å². The van der Waals surface area contributed by atoms with Gasteiger partial charge in [-0.15, -0.1) is 11.8 Å². The van der Waals surface area contributed by atoms with E-state index in [-0.39, 0.29) is 0 Å². The first-order chi connectivity index (χ1) is 8.58. The van der Waals surface area contributed by atoms with E-state index in [0.717, 1.165) is 18.9 Å². The third kappa shape index (κ3) is 4.66. The Morgan fingerprint density at radius 1 is 1.06 bits per heavy atom. The average molecular weight is 265 g/mol. The Balaban J connectivity index is 2.67. The number of nitrogens with one attached hydrogen (secondary N) is 1. The van der Waals surface area contributed by atoms with Gasteiger partial charge in [0.2, 0.25) is 0 Å². The lowest BCUT2D eigenvalue weighted by atomic mass is 10.0. The molecule has 0 radical (unpaired) electrons. The molecule has 0 saturated heterocycles. The van der Waals surface area contributed by atoms with Crippen LogP contribution in [0.5, 0.6) is 0 Å². The number of thioether (sulfide) groups is 1. The fourth-order valence-corrected chi connectivity index (χ4v) is 2.87. The minimum absolute atomic E-state index is 0.497. The van der Waals surface area contributed by atoms with E-state index in [1.54, 1.807) is 0 Å². The van der Waals surface area contributed by atoms with E-state index in [4.69, 9.17) is 0 Å². The Hall–Kier alpha value is -0.470. The minimum atomic E-state index is 0.497. The van der Waals surface area contributed by atoms with Crippen LogP contribution in [0, 0.1) is 5.92 Å². The van der Waals surface area contributed by atoms with E-state index >= 15 is 0 Å². The summed E-state index contributed by atoms with van der Waals surface area (Å²) in [6, 6.07) is 9.56. The predicted octanol–water partition coefficient (Wildman–Crippen LogP) is 4.88. The normalized spacial score (nSPS) is 14.8. The molecule has 1 rings (SSSR count). The van der Waals surface area contributed by atoms with Gasteiger partial charge >= 0.3 is 0 Å². The molecule has 0 bridgehead atoms. The summed E-state index contributed by atoms with van der Waals surface area (Å²) in [4.78, 5) is 1.38. The minimum Gasteiger partial charge on any atom is -0.310 e. The molecule has 1 nitrogen and oxygen atoms in total. The maximum atomic E-state index is 3.52. The molecule has 2 heteroatoms. The van der Waals surface area contributed by atoms with Gasteiger partial charge in [0.15, 0.2) is 0 Å². The SMILES string of the molecule is CCNC(CC)c1ccc(SC(C)C(C)C)cc1. The molecule has 0 aliphatic rings. The van der Waals surface area contributed by atoms with Crippen LogP contribution < -0.4 is 5.32 Å². The van der Waals surface area contributed by atoms with E-state index in [1.165, 1.54) is 10.5 Å². The van der Waals surface area contributed by atoms with Gasteiger partial charge in [-0.05, 0) is 36.6 Å². The van der Waals surface area contributed by atoms with Crippen LogP contribution >= 0.6 is 11.8 Å². The molecule has 0 amide bonds. The fourth-order valence-electron chi connectivity index (χ4n) is 1.87. The number of benzene rings is 1. The number of hydrogen-bond acceptors (Lipinski definition) is 2. The standard InChI is InChI=1S/C16H27NS/c1-6-16(17-7-2)14-8-10-15(11-9-14)18-13(5)12(3)4/h8-13,16-17H,6-7H2,1-5H3. The summed E-state index contributed by atoms with van der Waals surface area (Å²) in [5.41, 5.74) is 1.40. The molecule has 1 aromatic rings. The van der Waals surface area contributed by atoms with Crippen molar-refractivity contribution < 1.29 is 0 Å². The lowest BCUT2D eigenvalue weighted by Crippen LogP contribution is -2.19. The molecule has 18 heavy (non-hydrogen) atoms. The average Bonchev–Trinajstić information content (AvgIpc) is 2.37. The van der Waals surface area contributed by atoms with Crippen LogP contribution in [0.1, 0.15) is 52.6 Å². The zero-order chi connectivity index (χ0) is 13.5. The molecule has 0 aliphatic heterocycles. The van der Waals surface area contributed by atoms with Crippen molar-refractivity contribution in [1.29, 1.82) is 0 Å². The summed E-state index contributed by atoms with van der Waals surface area (Å²) in [6.07, 6.45) is 1.14. The topological polar surface area (TPSA) is 12.0 Å². The van der Waals surface area contributed by atoms with E-state index in [2.05, 4.69) is 64.2 Å². The van der Waals surface area contributed by atoms with Crippen molar-refractivity contribution in [3.05, 3.63) is 29.8 Å². The second-order valence-corrected chi connectivity index (χ2v) is 6.61. The lowest BCUT2D eigenvalue weighted by Gasteiger charge is -2.18. The highest BCUT2D eigenvalue weighted by molar-refractivity contribution is 8.00. The van der Waals surface area contributed by atoms with Crippen molar-refractivity contribution in [2.24, 2.45) is 5.92 Å². The molecule has 0 aliphatic carbocycles. The molecule has 0 aromatic heterocycles. The summed E-state index contributed by atoms with van der Waals surface area (Å²) in [5.74, 6) is 0.722. The zero-order valence-electron chi connectivity index (χ0n) is 12.4. The van der Waals surface area contributed by atoms with Gasteiger partial charge in [0.25, 0.3) is 0 Å². The summed E-state index contributed by atoms with van der Waals surface area (Å²) in [5, 5.41) is 4.19. The summed E-state index contributed by atoms with van der Waals surface area (Å²) in [7, 11) is 0. The summed E-state index contributed by atoms with van der Waals surface area (Å²) in [6.45, 7) is 12.3. The zero-order valence-corrected chi connectivity index (χ0v) is 13.2. The predicted molar refractivity (Wildman–Crippen MR) is 83.3 cm³/mol. The molecule has 102 valence electrons. The van der Waals surface area contributed by atoms with Crippen LogP contribution in [0.4, 0.5) is 0 Å². The Morgan fingerprint density at radius 3 is 2.11 bits per heavy atom. The number of hydrogen-bond donors (Lipinski definition) is 1. The molecule has 1 N–H and O–H groups in total. The van der Waals surface area contributed by atoms with Gasteiger partial charge < -0.3 is 5.32 Å². The van der Waals surface area contributed by atoms with E-state index in [9.17, 15) is 0 Å². The van der Waals surface area contributed by atoms with E-state index in [1.807, 2.05) is 11.8 Å². The first-order valence-corrected chi connectivity index (χ1v) is 7.96. The molecule has 0 saturated carbocycles. The van der Waals surface area contributed by atoms with Gasteiger partial charge in [0.1, 0.15) is 0 Å². The van der Waals surface area contributed by atoms with Gasteiger partial charge in [0.05, 0.1) is 0 Å². The molecule has 1 aromatic carbocycles. The van der Waals surface area contributed by atoms with E-state index in [0.29, 0.717) is 11.3 Å². The van der Waals surface area contributed by atoms with Gasteiger partial charge in [0, 0.05) is 16.2 Å². The molecule has 2 unspecified atom stereocenters. The van der Waals surface area contributed by atoms with Crippen LogP contribution in [-0.2, 0) is 0 Å². The molecule has 0 heterocycles. The van der Waals surface area contributed by atoms with E-state index < -0.39 is 0 Å². The van der Waals surface area contributed by atoms with Crippen molar-refractivity contribution in [1.82, 2.24) is 5.32 Å². The van der Waals surface area contributed by atoms with Crippen molar-refractivity contribution >= 4 is 11.8 Å². The second kappa shape index (κ2) is 7.85. The highest BCUT2D eigenvalue weighted by Crippen LogP contribution is 2.29. The van der Waals surface area contributed by atoms with Crippen LogP contribution in [0.2, 0.25) is 0 Å². The largest absolute Gasteiger partial charge is 0.310 e. The summed E-state index contributed by atoms with van der Waals surface area (Å²) < 4.78 is 0. The maximum Gasteiger partial charge on any atom is 0.0317 e. The number of rotatable bonds is 7. The molecule has 0 fully saturated rings. The Kier molecular flexibility index (Phi) is 6.80. The van der Waals surface area contributed by atoms with Gasteiger partial charge in [-0.25, -0.2) is 0 Å². The Morgan fingerprint density at radius 2 is 1.67 bits per heavy atom. The van der Waals surface area contributed by atoms with Crippen LogP contribution in [-0.4, -0.2) is 11.8 Å². The van der Waals surface area contributed by atoms with Crippen molar-refractivity contribution in [3.8, 4) is 0 Å². The van der Waals surface area contributed by atoms with Crippen LogP contribution in [0.3, 0.4) is 0 Å². The highest BCUT2D eigenvalue weighted by Gasteiger charge is 2.10. The first-order valence-electron chi connectivity index (χ1n) is 7.08. The lowest BCUT2D eigenvalue weighted by molar-refractivity contribution is 0.537. The third-order valence-electron chi connectivity index (χ3n) is 3.40.